The van der Waals surface area contributed by atoms with Crippen molar-refractivity contribution in [1.29, 1.82) is 0 Å². The Morgan fingerprint density at radius 1 is 1.44 bits per heavy atom. The maximum atomic E-state index is 11.5. The lowest BCUT2D eigenvalue weighted by molar-refractivity contribution is 0.581. The SMILES string of the molecule is C=CCCNS(=O)(=O)CCc1ccccn1. The second kappa shape index (κ2) is 6.40. The second-order valence-electron chi connectivity index (χ2n) is 3.36. The third-order valence-corrected chi connectivity index (χ3v) is 3.41. The minimum atomic E-state index is -3.19. The molecule has 0 aromatic carbocycles. The van der Waals surface area contributed by atoms with E-state index < -0.39 is 10.0 Å². The molecule has 5 heteroatoms. The van der Waals surface area contributed by atoms with Gasteiger partial charge in [-0.25, -0.2) is 13.1 Å². The number of rotatable bonds is 7. The van der Waals surface area contributed by atoms with Gasteiger partial charge in [0.25, 0.3) is 0 Å². The van der Waals surface area contributed by atoms with Crippen LogP contribution in [0.1, 0.15) is 12.1 Å². The zero-order chi connectivity index (χ0) is 11.9. The molecular formula is C11H16N2O2S. The minimum absolute atomic E-state index is 0.0706. The minimum Gasteiger partial charge on any atom is -0.261 e. The number of nitrogens with one attached hydrogen (secondary N) is 1. The summed E-state index contributed by atoms with van der Waals surface area (Å²) in [7, 11) is -3.19. The molecule has 1 rings (SSSR count). The molecule has 1 aromatic rings. The van der Waals surface area contributed by atoms with Crippen LogP contribution in [0.25, 0.3) is 0 Å². The predicted octanol–water partition coefficient (Wildman–Crippen LogP) is 1.12. The molecule has 0 atom stereocenters. The van der Waals surface area contributed by atoms with Gasteiger partial charge in [0.2, 0.25) is 10.0 Å². The third-order valence-electron chi connectivity index (χ3n) is 2.02. The van der Waals surface area contributed by atoms with Crippen molar-refractivity contribution in [2.45, 2.75) is 12.8 Å². The Labute approximate surface area is 96.5 Å². The first kappa shape index (κ1) is 12.9. The zero-order valence-electron chi connectivity index (χ0n) is 9.09. The largest absolute Gasteiger partial charge is 0.261 e. The summed E-state index contributed by atoms with van der Waals surface area (Å²) in [5.41, 5.74) is 0.789. The van der Waals surface area contributed by atoms with Gasteiger partial charge >= 0.3 is 0 Å². The summed E-state index contributed by atoms with van der Waals surface area (Å²) in [5, 5.41) is 0. The molecule has 1 heterocycles. The Hall–Kier alpha value is -1.20. The van der Waals surface area contributed by atoms with Crippen molar-refractivity contribution in [1.82, 2.24) is 9.71 Å². The van der Waals surface area contributed by atoms with Gasteiger partial charge in [0, 0.05) is 24.9 Å². The van der Waals surface area contributed by atoms with Crippen molar-refractivity contribution in [3.05, 3.63) is 42.7 Å². The van der Waals surface area contributed by atoms with Crippen LogP contribution in [-0.4, -0.2) is 25.7 Å². The molecule has 88 valence electrons. The summed E-state index contributed by atoms with van der Waals surface area (Å²) < 4.78 is 25.5. The van der Waals surface area contributed by atoms with E-state index in [1.807, 2.05) is 12.1 Å². The Morgan fingerprint density at radius 3 is 2.88 bits per heavy atom. The van der Waals surface area contributed by atoms with Crippen LogP contribution in [0.4, 0.5) is 0 Å². The predicted molar refractivity (Wildman–Crippen MR) is 64.5 cm³/mol. The van der Waals surface area contributed by atoms with Crippen molar-refractivity contribution in [3.8, 4) is 0 Å². The molecule has 16 heavy (non-hydrogen) atoms. The molecule has 0 bridgehead atoms. The molecule has 0 saturated carbocycles. The average Bonchev–Trinajstić information content (AvgIpc) is 2.28. The standard InChI is InChI=1S/C11H16N2O2S/c1-2-3-9-13-16(14,15)10-7-11-6-4-5-8-12-11/h2,4-6,8,13H,1,3,7,9-10H2. The molecular weight excluding hydrogens is 224 g/mol. The number of pyridine rings is 1. The van der Waals surface area contributed by atoms with E-state index in [2.05, 4.69) is 16.3 Å². The first-order valence-electron chi connectivity index (χ1n) is 5.12. The number of sulfonamides is 1. The van der Waals surface area contributed by atoms with E-state index in [1.165, 1.54) is 0 Å². The van der Waals surface area contributed by atoms with Gasteiger partial charge in [0.05, 0.1) is 5.75 Å². The van der Waals surface area contributed by atoms with E-state index in [0.717, 1.165) is 5.69 Å². The van der Waals surface area contributed by atoms with Crippen LogP contribution in [0.3, 0.4) is 0 Å². The summed E-state index contributed by atoms with van der Waals surface area (Å²) >= 11 is 0. The molecule has 0 radical (unpaired) electrons. The van der Waals surface area contributed by atoms with Crippen molar-refractivity contribution < 1.29 is 8.42 Å². The van der Waals surface area contributed by atoms with Crippen LogP contribution in [0.15, 0.2) is 37.1 Å². The molecule has 0 amide bonds. The fourth-order valence-corrected chi connectivity index (χ4v) is 2.22. The Balaban J connectivity index is 2.39. The van der Waals surface area contributed by atoms with Crippen molar-refractivity contribution in [2.75, 3.05) is 12.3 Å². The summed E-state index contributed by atoms with van der Waals surface area (Å²) in [4.78, 5) is 4.07. The quantitative estimate of drug-likeness (QED) is 0.574. The molecule has 0 saturated heterocycles. The number of nitrogens with zero attached hydrogens (tertiary/aromatic N) is 1. The molecule has 0 aliphatic carbocycles. The Morgan fingerprint density at radius 2 is 2.25 bits per heavy atom. The molecule has 0 aliphatic heterocycles. The normalized spacial score (nSPS) is 11.2. The second-order valence-corrected chi connectivity index (χ2v) is 5.29. The summed E-state index contributed by atoms with van der Waals surface area (Å²) in [5.74, 6) is 0.0706. The van der Waals surface area contributed by atoms with Crippen molar-refractivity contribution in [2.24, 2.45) is 0 Å². The number of aromatic nitrogens is 1. The number of hydrogen-bond donors (Lipinski definition) is 1. The van der Waals surface area contributed by atoms with E-state index in [1.54, 1.807) is 18.3 Å². The monoisotopic (exact) mass is 240 g/mol. The first-order valence-corrected chi connectivity index (χ1v) is 6.77. The fraction of sp³-hybridized carbons (Fsp3) is 0.364. The highest BCUT2D eigenvalue weighted by Crippen LogP contribution is 1.97. The van der Waals surface area contributed by atoms with Crippen molar-refractivity contribution >= 4 is 10.0 Å². The molecule has 1 N–H and O–H groups in total. The zero-order valence-corrected chi connectivity index (χ0v) is 9.91. The van der Waals surface area contributed by atoms with Gasteiger partial charge in [-0.1, -0.05) is 12.1 Å². The van der Waals surface area contributed by atoms with E-state index in [4.69, 9.17) is 0 Å². The van der Waals surface area contributed by atoms with Crippen LogP contribution in [0.5, 0.6) is 0 Å². The summed E-state index contributed by atoms with van der Waals surface area (Å²) in [6.07, 6.45) is 4.42. The van der Waals surface area contributed by atoms with Crippen LogP contribution >= 0.6 is 0 Å². The third kappa shape index (κ3) is 5.04. The van der Waals surface area contributed by atoms with Gasteiger partial charge in [0.1, 0.15) is 0 Å². The highest BCUT2D eigenvalue weighted by molar-refractivity contribution is 7.89. The molecule has 4 nitrogen and oxygen atoms in total. The van der Waals surface area contributed by atoms with Crippen LogP contribution in [-0.2, 0) is 16.4 Å². The number of aryl methyl sites for hydroxylation is 1. The van der Waals surface area contributed by atoms with Gasteiger partial charge in [-0.3, -0.25) is 4.98 Å². The molecule has 1 aromatic heterocycles. The van der Waals surface area contributed by atoms with E-state index in [-0.39, 0.29) is 5.75 Å². The summed E-state index contributed by atoms with van der Waals surface area (Å²) in [6, 6.07) is 5.47. The van der Waals surface area contributed by atoms with E-state index in [0.29, 0.717) is 19.4 Å². The first-order chi connectivity index (χ1) is 7.64. The van der Waals surface area contributed by atoms with Gasteiger partial charge in [-0.2, -0.15) is 0 Å². The topological polar surface area (TPSA) is 59.1 Å². The lowest BCUT2D eigenvalue weighted by Gasteiger charge is -2.04. The maximum Gasteiger partial charge on any atom is 0.211 e. The average molecular weight is 240 g/mol. The summed E-state index contributed by atoms with van der Waals surface area (Å²) in [6.45, 7) is 3.94. The van der Waals surface area contributed by atoms with Gasteiger partial charge in [-0.05, 0) is 18.6 Å². The molecule has 0 aliphatic rings. The number of hydrogen-bond acceptors (Lipinski definition) is 3. The van der Waals surface area contributed by atoms with E-state index >= 15 is 0 Å². The van der Waals surface area contributed by atoms with Crippen LogP contribution in [0.2, 0.25) is 0 Å². The van der Waals surface area contributed by atoms with Crippen LogP contribution in [0, 0.1) is 0 Å². The fourth-order valence-electron chi connectivity index (χ4n) is 1.17. The smallest absolute Gasteiger partial charge is 0.211 e. The van der Waals surface area contributed by atoms with Gasteiger partial charge in [0.15, 0.2) is 0 Å². The Bertz CT molecular complexity index is 415. The van der Waals surface area contributed by atoms with Crippen molar-refractivity contribution in [3.63, 3.8) is 0 Å². The maximum absolute atomic E-state index is 11.5. The van der Waals surface area contributed by atoms with Gasteiger partial charge in [-0.15, -0.1) is 6.58 Å². The Kier molecular flexibility index (Phi) is 5.14. The lowest BCUT2D eigenvalue weighted by atomic mass is 10.3. The van der Waals surface area contributed by atoms with Gasteiger partial charge < -0.3 is 0 Å². The highest BCUT2D eigenvalue weighted by Gasteiger charge is 2.09. The molecule has 0 spiro atoms. The van der Waals surface area contributed by atoms with Crippen LogP contribution < -0.4 is 4.72 Å². The molecule has 0 fully saturated rings. The van der Waals surface area contributed by atoms with E-state index in [9.17, 15) is 8.42 Å². The highest BCUT2D eigenvalue weighted by atomic mass is 32.2. The lowest BCUT2D eigenvalue weighted by Crippen LogP contribution is -2.28. The molecule has 0 unspecified atom stereocenters.